The number of amidine groups is 1. The van der Waals surface area contributed by atoms with Gasteiger partial charge in [0.25, 0.3) is 5.69 Å². The minimum Gasteiger partial charge on any atom is -0.378 e. The van der Waals surface area contributed by atoms with Gasteiger partial charge in [-0.15, -0.1) is 0 Å². The largest absolute Gasteiger partial charge is 0.378 e. The van der Waals surface area contributed by atoms with E-state index in [1.807, 2.05) is 42.5 Å². The molecular weight excluding hydrogens is 551 g/mol. The standard InChI is InChI=1S/C25H18Cl2N6O4S/c26-19-10-8-16(12-20(19)27)23(31-30-22-11-9-17(32(34)35)13-24(22)33(36)37)14-38-25(28)29-21-7-3-5-15-4-1-2-6-18(15)21/h1-13,30H,14H2,(H2,28,29). The maximum Gasteiger partial charge on any atom is 0.301 e. The molecule has 0 saturated carbocycles. The van der Waals surface area contributed by atoms with Gasteiger partial charge in [-0.2, -0.15) is 5.10 Å². The molecule has 0 bridgehead atoms. The molecule has 0 atom stereocenters. The Morgan fingerprint density at radius 2 is 1.68 bits per heavy atom. The van der Waals surface area contributed by atoms with Crippen LogP contribution >= 0.6 is 35.0 Å². The summed E-state index contributed by atoms with van der Waals surface area (Å²) in [6.07, 6.45) is 0. The Hall–Kier alpha value is -4.19. The van der Waals surface area contributed by atoms with Crippen molar-refractivity contribution in [1.29, 1.82) is 0 Å². The summed E-state index contributed by atoms with van der Waals surface area (Å²) >= 11 is 13.5. The van der Waals surface area contributed by atoms with E-state index in [0.717, 1.165) is 22.9 Å². The number of thioether (sulfide) groups is 1. The molecule has 0 heterocycles. The lowest BCUT2D eigenvalue weighted by Gasteiger charge is -2.10. The highest BCUT2D eigenvalue weighted by Gasteiger charge is 2.20. The Kier molecular flexibility index (Phi) is 8.41. The molecule has 4 rings (SSSR count). The highest BCUT2D eigenvalue weighted by atomic mass is 35.5. The summed E-state index contributed by atoms with van der Waals surface area (Å²) in [6, 6.07) is 21.7. The van der Waals surface area contributed by atoms with Crippen LogP contribution in [0.2, 0.25) is 10.0 Å². The van der Waals surface area contributed by atoms with Crippen molar-refractivity contribution in [1.82, 2.24) is 0 Å². The number of nitrogens with two attached hydrogens (primary N) is 1. The first kappa shape index (κ1) is 26.9. The molecule has 0 saturated heterocycles. The predicted octanol–water partition coefficient (Wildman–Crippen LogP) is 7.16. The van der Waals surface area contributed by atoms with Crippen molar-refractivity contribution in [2.45, 2.75) is 0 Å². The van der Waals surface area contributed by atoms with E-state index in [1.165, 1.54) is 17.8 Å². The average molecular weight is 569 g/mol. The van der Waals surface area contributed by atoms with E-state index in [9.17, 15) is 20.2 Å². The number of nitro groups is 2. The van der Waals surface area contributed by atoms with E-state index >= 15 is 0 Å². The number of hydrazone groups is 1. The molecule has 0 aromatic heterocycles. The first-order valence-corrected chi connectivity index (χ1v) is 12.6. The lowest BCUT2D eigenvalue weighted by atomic mass is 10.1. The van der Waals surface area contributed by atoms with Crippen molar-refractivity contribution >= 4 is 79.4 Å². The molecule has 0 spiro atoms. The molecule has 0 amide bonds. The minimum absolute atomic E-state index is 0.0273. The van der Waals surface area contributed by atoms with Crippen LogP contribution < -0.4 is 11.2 Å². The van der Waals surface area contributed by atoms with Crippen LogP contribution in [0.3, 0.4) is 0 Å². The molecular formula is C25H18Cl2N6O4S. The molecule has 0 aliphatic heterocycles. The lowest BCUT2D eigenvalue weighted by molar-refractivity contribution is -0.393. The second kappa shape index (κ2) is 11.9. The van der Waals surface area contributed by atoms with E-state index < -0.39 is 21.2 Å². The van der Waals surface area contributed by atoms with Crippen LogP contribution in [0.4, 0.5) is 22.7 Å². The van der Waals surface area contributed by atoms with Crippen molar-refractivity contribution in [3.8, 4) is 0 Å². The van der Waals surface area contributed by atoms with Gasteiger partial charge in [0.1, 0.15) is 5.69 Å². The molecule has 4 aromatic carbocycles. The molecule has 3 N–H and O–H groups in total. The maximum atomic E-state index is 11.5. The molecule has 0 fully saturated rings. The molecule has 0 aliphatic carbocycles. The summed E-state index contributed by atoms with van der Waals surface area (Å²) in [5.41, 5.74) is 9.66. The Labute approximate surface area is 230 Å². The summed E-state index contributed by atoms with van der Waals surface area (Å²) in [7, 11) is 0. The number of nitrogens with zero attached hydrogens (tertiary/aromatic N) is 4. The van der Waals surface area contributed by atoms with Crippen LogP contribution in [-0.4, -0.2) is 26.5 Å². The molecule has 4 aromatic rings. The van der Waals surface area contributed by atoms with E-state index in [4.69, 9.17) is 28.9 Å². The fraction of sp³-hybridized carbons (Fsp3) is 0.0400. The van der Waals surface area contributed by atoms with Gasteiger partial charge in [0, 0.05) is 22.8 Å². The Morgan fingerprint density at radius 3 is 2.42 bits per heavy atom. The fourth-order valence-electron chi connectivity index (χ4n) is 3.46. The van der Waals surface area contributed by atoms with Gasteiger partial charge in [0.15, 0.2) is 5.17 Å². The van der Waals surface area contributed by atoms with Crippen LogP contribution in [0, 0.1) is 20.2 Å². The summed E-state index contributed by atoms with van der Waals surface area (Å²) in [4.78, 5) is 25.6. The Morgan fingerprint density at radius 1 is 0.921 bits per heavy atom. The van der Waals surface area contributed by atoms with Crippen molar-refractivity contribution < 1.29 is 9.85 Å². The summed E-state index contributed by atoms with van der Waals surface area (Å²) in [5, 5.41) is 29.8. The van der Waals surface area contributed by atoms with Gasteiger partial charge in [-0.05, 0) is 29.7 Å². The van der Waals surface area contributed by atoms with Crippen LogP contribution in [0.25, 0.3) is 10.8 Å². The smallest absolute Gasteiger partial charge is 0.301 e. The normalized spacial score (nSPS) is 11.9. The zero-order valence-electron chi connectivity index (χ0n) is 19.4. The zero-order chi connectivity index (χ0) is 27.2. The number of hydrogen-bond acceptors (Lipinski definition) is 8. The number of rotatable bonds is 8. The summed E-state index contributed by atoms with van der Waals surface area (Å²) in [6.45, 7) is 0. The van der Waals surface area contributed by atoms with E-state index in [1.54, 1.807) is 18.2 Å². The first-order chi connectivity index (χ1) is 18.2. The van der Waals surface area contributed by atoms with Gasteiger partial charge in [0.05, 0.1) is 37.4 Å². The van der Waals surface area contributed by atoms with Crippen molar-refractivity contribution in [2.24, 2.45) is 15.8 Å². The number of fused-ring (bicyclic) bond motifs is 1. The zero-order valence-corrected chi connectivity index (χ0v) is 21.7. The lowest BCUT2D eigenvalue weighted by Crippen LogP contribution is -2.14. The highest BCUT2D eigenvalue weighted by molar-refractivity contribution is 8.14. The maximum absolute atomic E-state index is 11.5. The van der Waals surface area contributed by atoms with Crippen molar-refractivity contribution in [3.05, 3.63) is 115 Å². The second-order valence-electron chi connectivity index (χ2n) is 7.75. The predicted molar refractivity (Wildman–Crippen MR) is 154 cm³/mol. The van der Waals surface area contributed by atoms with Gasteiger partial charge in [-0.25, -0.2) is 4.99 Å². The quantitative estimate of drug-likeness (QED) is 0.0989. The number of anilines is 1. The fourth-order valence-corrected chi connectivity index (χ4v) is 4.44. The molecule has 13 heteroatoms. The second-order valence-corrected chi connectivity index (χ2v) is 9.56. The number of aliphatic imine (C=N–C) groups is 1. The van der Waals surface area contributed by atoms with Gasteiger partial charge in [-0.1, -0.05) is 77.4 Å². The van der Waals surface area contributed by atoms with Crippen LogP contribution in [-0.2, 0) is 0 Å². The van der Waals surface area contributed by atoms with Gasteiger partial charge in [0.2, 0.25) is 0 Å². The summed E-state index contributed by atoms with van der Waals surface area (Å²) < 4.78 is 0. The van der Waals surface area contributed by atoms with Crippen LogP contribution in [0.5, 0.6) is 0 Å². The third-order valence-electron chi connectivity index (χ3n) is 5.31. The molecule has 38 heavy (non-hydrogen) atoms. The average Bonchev–Trinajstić information content (AvgIpc) is 2.90. The number of benzene rings is 4. The topological polar surface area (TPSA) is 149 Å². The third kappa shape index (κ3) is 6.38. The van der Waals surface area contributed by atoms with Crippen LogP contribution in [0.1, 0.15) is 5.56 Å². The van der Waals surface area contributed by atoms with Gasteiger partial charge in [-0.3, -0.25) is 25.7 Å². The molecule has 0 aliphatic rings. The Bertz CT molecular complexity index is 1610. The van der Waals surface area contributed by atoms with Gasteiger partial charge >= 0.3 is 5.69 Å². The number of nitro benzene ring substituents is 2. The van der Waals surface area contributed by atoms with Gasteiger partial charge < -0.3 is 5.73 Å². The highest BCUT2D eigenvalue weighted by Crippen LogP contribution is 2.30. The molecule has 0 radical (unpaired) electrons. The van der Waals surface area contributed by atoms with Crippen molar-refractivity contribution in [2.75, 3.05) is 11.2 Å². The number of halogens is 2. The molecule has 0 unspecified atom stereocenters. The first-order valence-electron chi connectivity index (χ1n) is 10.9. The molecule has 192 valence electrons. The van der Waals surface area contributed by atoms with E-state index in [2.05, 4.69) is 15.5 Å². The van der Waals surface area contributed by atoms with E-state index in [0.29, 0.717) is 27.0 Å². The monoisotopic (exact) mass is 568 g/mol. The number of non-ortho nitro benzene ring substituents is 1. The third-order valence-corrected chi connectivity index (χ3v) is 6.85. The van der Waals surface area contributed by atoms with Crippen molar-refractivity contribution in [3.63, 3.8) is 0 Å². The minimum atomic E-state index is -0.729. The SMILES string of the molecule is NC(=Nc1cccc2ccccc12)SCC(=NNc1ccc([N+](=O)[O-])cc1[N+](=O)[O-])c1ccc(Cl)c(Cl)c1. The van der Waals surface area contributed by atoms with E-state index in [-0.39, 0.29) is 16.6 Å². The Balaban J connectivity index is 1.64. The number of hydrogen-bond donors (Lipinski definition) is 2. The summed E-state index contributed by atoms with van der Waals surface area (Å²) in [5.74, 6) is 0.214. The molecule has 10 nitrogen and oxygen atoms in total. The number of nitrogens with one attached hydrogen (secondary N) is 1. The van der Waals surface area contributed by atoms with Crippen LogP contribution in [0.15, 0.2) is 89.0 Å².